The lowest BCUT2D eigenvalue weighted by atomic mass is 10.0. The van der Waals surface area contributed by atoms with Crippen molar-refractivity contribution in [1.29, 1.82) is 0 Å². The third-order valence-corrected chi connectivity index (χ3v) is 4.07. The molecule has 1 N–H and O–H groups in total. The Morgan fingerprint density at radius 3 is 2.38 bits per heavy atom. The van der Waals surface area contributed by atoms with Crippen LogP contribution in [0.1, 0.15) is 11.4 Å². The SMILES string of the molecule is Cc1[nH]c2c(c(C)nc3ccccc32)c1-c1ccccc1. The Morgan fingerprint density at radius 2 is 1.57 bits per heavy atom. The van der Waals surface area contributed by atoms with E-state index < -0.39 is 0 Å². The van der Waals surface area contributed by atoms with Crippen LogP contribution >= 0.6 is 0 Å². The summed E-state index contributed by atoms with van der Waals surface area (Å²) in [5, 5.41) is 2.42. The van der Waals surface area contributed by atoms with E-state index in [-0.39, 0.29) is 0 Å². The maximum atomic E-state index is 4.78. The monoisotopic (exact) mass is 272 g/mol. The summed E-state index contributed by atoms with van der Waals surface area (Å²) < 4.78 is 0. The molecule has 21 heavy (non-hydrogen) atoms. The van der Waals surface area contributed by atoms with Gasteiger partial charge in [0.15, 0.2) is 0 Å². The molecule has 0 saturated heterocycles. The molecule has 0 radical (unpaired) electrons. The van der Waals surface area contributed by atoms with E-state index >= 15 is 0 Å². The van der Waals surface area contributed by atoms with Crippen LogP contribution in [0.5, 0.6) is 0 Å². The minimum Gasteiger partial charge on any atom is -0.357 e. The topological polar surface area (TPSA) is 28.7 Å². The molecule has 0 aliphatic carbocycles. The zero-order chi connectivity index (χ0) is 14.4. The number of pyridine rings is 1. The third-order valence-electron chi connectivity index (χ3n) is 4.07. The van der Waals surface area contributed by atoms with Crippen LogP contribution in [0.15, 0.2) is 54.6 Å². The molecule has 0 saturated carbocycles. The summed E-state index contributed by atoms with van der Waals surface area (Å²) >= 11 is 0. The highest BCUT2D eigenvalue weighted by Crippen LogP contribution is 2.36. The molecule has 0 bridgehead atoms. The largest absolute Gasteiger partial charge is 0.357 e. The number of hydrogen-bond acceptors (Lipinski definition) is 1. The summed E-state index contributed by atoms with van der Waals surface area (Å²) in [7, 11) is 0. The number of para-hydroxylation sites is 1. The minimum atomic E-state index is 1.04. The zero-order valence-electron chi connectivity index (χ0n) is 12.1. The van der Waals surface area contributed by atoms with Gasteiger partial charge in [0.05, 0.1) is 11.0 Å². The number of rotatable bonds is 1. The van der Waals surface area contributed by atoms with Crippen molar-refractivity contribution in [1.82, 2.24) is 9.97 Å². The van der Waals surface area contributed by atoms with E-state index in [2.05, 4.69) is 61.3 Å². The van der Waals surface area contributed by atoms with Gasteiger partial charge >= 0.3 is 0 Å². The lowest BCUT2D eigenvalue weighted by Crippen LogP contribution is -1.87. The fourth-order valence-corrected chi connectivity index (χ4v) is 3.17. The van der Waals surface area contributed by atoms with Crippen molar-refractivity contribution in [2.24, 2.45) is 0 Å². The Morgan fingerprint density at radius 1 is 0.857 bits per heavy atom. The van der Waals surface area contributed by atoms with Gasteiger partial charge in [-0.2, -0.15) is 0 Å². The maximum Gasteiger partial charge on any atom is 0.0726 e. The second-order valence-corrected chi connectivity index (χ2v) is 5.46. The van der Waals surface area contributed by atoms with Crippen LogP contribution in [0, 0.1) is 13.8 Å². The van der Waals surface area contributed by atoms with Gasteiger partial charge in [0.1, 0.15) is 0 Å². The van der Waals surface area contributed by atoms with E-state index in [0.29, 0.717) is 0 Å². The highest BCUT2D eigenvalue weighted by molar-refractivity contribution is 6.11. The van der Waals surface area contributed by atoms with E-state index in [4.69, 9.17) is 4.98 Å². The summed E-state index contributed by atoms with van der Waals surface area (Å²) in [5.74, 6) is 0. The number of H-pyrrole nitrogens is 1. The molecule has 0 fully saturated rings. The van der Waals surface area contributed by atoms with Gasteiger partial charge in [-0.25, -0.2) is 0 Å². The van der Waals surface area contributed by atoms with Crippen LogP contribution in [0.2, 0.25) is 0 Å². The first-order chi connectivity index (χ1) is 10.3. The standard InChI is InChI=1S/C19H16N2/c1-12-17(14-8-4-3-5-9-14)18-13(2)20-16-11-7-6-10-15(16)19(18)21-12/h3-11,21H,1-2H3. The van der Waals surface area contributed by atoms with Gasteiger partial charge in [-0.1, -0.05) is 48.5 Å². The first-order valence-corrected chi connectivity index (χ1v) is 7.19. The molecule has 0 atom stereocenters. The average molecular weight is 272 g/mol. The highest BCUT2D eigenvalue weighted by Gasteiger charge is 2.15. The second kappa shape index (κ2) is 4.45. The number of benzene rings is 2. The van der Waals surface area contributed by atoms with E-state index in [1.54, 1.807) is 0 Å². The van der Waals surface area contributed by atoms with Crippen LogP contribution < -0.4 is 0 Å². The molecule has 0 aliphatic heterocycles. The van der Waals surface area contributed by atoms with Crippen LogP contribution in [-0.4, -0.2) is 9.97 Å². The molecule has 2 aromatic heterocycles. The minimum absolute atomic E-state index is 1.04. The summed E-state index contributed by atoms with van der Waals surface area (Å²) in [4.78, 5) is 8.35. The average Bonchev–Trinajstić information content (AvgIpc) is 2.86. The number of aryl methyl sites for hydroxylation is 2. The van der Waals surface area contributed by atoms with Gasteiger partial charge in [-0.15, -0.1) is 0 Å². The normalized spacial score (nSPS) is 11.3. The fourth-order valence-electron chi connectivity index (χ4n) is 3.17. The molecule has 4 rings (SSSR count). The van der Waals surface area contributed by atoms with Gasteiger partial charge in [-0.05, 0) is 25.5 Å². The molecular weight excluding hydrogens is 256 g/mol. The lowest BCUT2D eigenvalue weighted by Gasteiger charge is -2.05. The molecule has 4 aromatic rings. The summed E-state index contributed by atoms with van der Waals surface area (Å²) in [6.07, 6.45) is 0. The molecule has 2 nitrogen and oxygen atoms in total. The molecule has 2 heterocycles. The third kappa shape index (κ3) is 1.76. The highest BCUT2D eigenvalue weighted by atomic mass is 14.8. The Labute approximate surface area is 123 Å². The number of nitrogens with one attached hydrogen (secondary N) is 1. The molecular formula is C19H16N2. The number of hydrogen-bond donors (Lipinski definition) is 1. The van der Waals surface area contributed by atoms with Crippen LogP contribution in [0.4, 0.5) is 0 Å². The Kier molecular flexibility index (Phi) is 2.58. The predicted molar refractivity (Wildman–Crippen MR) is 88.5 cm³/mol. The van der Waals surface area contributed by atoms with E-state index in [1.807, 2.05) is 12.1 Å². The van der Waals surface area contributed by atoms with Crippen molar-refractivity contribution in [2.75, 3.05) is 0 Å². The van der Waals surface area contributed by atoms with E-state index in [9.17, 15) is 0 Å². The quantitative estimate of drug-likeness (QED) is 0.519. The summed E-state index contributed by atoms with van der Waals surface area (Å²) in [5.41, 5.74) is 7.00. The lowest BCUT2D eigenvalue weighted by molar-refractivity contribution is 1.29. The van der Waals surface area contributed by atoms with E-state index in [0.717, 1.165) is 11.2 Å². The number of fused-ring (bicyclic) bond motifs is 3. The molecule has 0 amide bonds. The van der Waals surface area contributed by atoms with Gasteiger partial charge < -0.3 is 4.98 Å². The van der Waals surface area contributed by atoms with Crippen molar-refractivity contribution in [3.05, 3.63) is 66.0 Å². The Balaban J connectivity index is 2.19. The summed E-state index contributed by atoms with van der Waals surface area (Å²) in [6, 6.07) is 18.8. The zero-order valence-corrected chi connectivity index (χ0v) is 12.1. The van der Waals surface area contributed by atoms with Crippen molar-refractivity contribution >= 4 is 21.8 Å². The van der Waals surface area contributed by atoms with Crippen molar-refractivity contribution < 1.29 is 0 Å². The molecule has 102 valence electrons. The Bertz CT molecular complexity index is 950. The van der Waals surface area contributed by atoms with Gasteiger partial charge in [0.25, 0.3) is 0 Å². The van der Waals surface area contributed by atoms with Gasteiger partial charge in [-0.3, -0.25) is 4.98 Å². The maximum absolute atomic E-state index is 4.78. The number of nitrogens with zero attached hydrogens (tertiary/aromatic N) is 1. The predicted octanol–water partition coefficient (Wildman–Crippen LogP) is 5.00. The van der Waals surface area contributed by atoms with Crippen molar-refractivity contribution in [3.63, 3.8) is 0 Å². The molecule has 0 aliphatic rings. The number of aromatic amines is 1. The van der Waals surface area contributed by atoms with Gasteiger partial charge in [0, 0.05) is 27.7 Å². The smallest absolute Gasteiger partial charge is 0.0726 e. The molecule has 0 unspecified atom stereocenters. The van der Waals surface area contributed by atoms with Crippen LogP contribution in [0.25, 0.3) is 32.9 Å². The van der Waals surface area contributed by atoms with E-state index in [1.165, 1.54) is 33.1 Å². The first kappa shape index (κ1) is 12.2. The fraction of sp³-hybridized carbons (Fsp3) is 0.105. The Hall–Kier alpha value is -2.61. The second-order valence-electron chi connectivity index (χ2n) is 5.46. The molecule has 2 heteroatoms. The van der Waals surface area contributed by atoms with Gasteiger partial charge in [0.2, 0.25) is 0 Å². The van der Waals surface area contributed by atoms with Crippen molar-refractivity contribution in [2.45, 2.75) is 13.8 Å². The summed E-state index contributed by atoms with van der Waals surface area (Å²) in [6.45, 7) is 4.23. The van der Waals surface area contributed by atoms with Crippen molar-refractivity contribution in [3.8, 4) is 11.1 Å². The first-order valence-electron chi connectivity index (χ1n) is 7.19. The molecule has 0 spiro atoms. The molecule has 2 aromatic carbocycles. The van der Waals surface area contributed by atoms with Crippen LogP contribution in [0.3, 0.4) is 0 Å². The number of aromatic nitrogens is 2. The van der Waals surface area contributed by atoms with Crippen LogP contribution in [-0.2, 0) is 0 Å².